The van der Waals surface area contributed by atoms with E-state index in [2.05, 4.69) is 109 Å². The number of hydrogen-bond acceptors (Lipinski definition) is 2. The summed E-state index contributed by atoms with van der Waals surface area (Å²) in [5.41, 5.74) is 5.13. The topological polar surface area (TPSA) is 18.5 Å². The van der Waals surface area contributed by atoms with Crippen molar-refractivity contribution in [2.75, 3.05) is 0 Å². The molecule has 12 rings (SSSR count). The molecule has 67 heavy (non-hydrogen) atoms. The van der Waals surface area contributed by atoms with Crippen LogP contribution in [0.25, 0.3) is 22.3 Å². The Balaban J connectivity index is 1.17. The third kappa shape index (κ3) is 6.83. The summed E-state index contributed by atoms with van der Waals surface area (Å²) in [6.45, 7) is -0.675. The zero-order valence-corrected chi connectivity index (χ0v) is 41.3. The number of ether oxygens (including phenoxy) is 2. The first-order valence-corrected chi connectivity index (χ1v) is 31.2. The normalized spacial score (nSPS) is 23.1. The maximum Gasteiger partial charge on any atom is 0.179 e. The molecule has 2 aliphatic carbocycles. The predicted octanol–water partition coefficient (Wildman–Crippen LogP) is 11.6. The van der Waals surface area contributed by atoms with Crippen molar-refractivity contribution in [3.8, 4) is 45.3 Å². The molecule has 0 bridgehead atoms. The van der Waals surface area contributed by atoms with Crippen molar-refractivity contribution in [3.63, 3.8) is 0 Å². The van der Waals surface area contributed by atoms with Crippen LogP contribution in [0, 0.1) is 0 Å². The van der Waals surface area contributed by atoms with Crippen LogP contribution in [0.1, 0.15) is 85.2 Å². The minimum absolute atomic E-state index is 0.556. The molecule has 2 heterocycles. The Hall–Kier alpha value is -5.99. The molecule has 0 N–H and O–H groups in total. The Morgan fingerprint density at radius 2 is 0.806 bits per heavy atom. The lowest BCUT2D eigenvalue weighted by molar-refractivity contribution is 0.488. The first-order chi connectivity index (χ1) is 35.9. The number of fused-ring (bicyclic) bond motifs is 4. The van der Waals surface area contributed by atoms with Gasteiger partial charge >= 0.3 is 0 Å². The average Bonchev–Trinajstić information content (AvgIpc) is 4.11. The Kier molecular flexibility index (Phi) is 8.53. The molecule has 0 spiro atoms. The first kappa shape index (κ1) is 34.3. The molecule has 4 aliphatic rings. The van der Waals surface area contributed by atoms with Crippen LogP contribution in [0.15, 0.2) is 182 Å². The molecule has 0 saturated heterocycles. The zero-order valence-electron chi connectivity index (χ0n) is 46.3. The number of para-hydroxylation sites is 4. The van der Waals surface area contributed by atoms with E-state index in [9.17, 15) is 2.74 Å². The highest BCUT2D eigenvalue weighted by Crippen LogP contribution is 2.46. The second-order valence-corrected chi connectivity index (χ2v) is 29.9. The van der Waals surface area contributed by atoms with Crippen LogP contribution in [0.2, 0.25) is 26.0 Å². The van der Waals surface area contributed by atoms with E-state index in [0.29, 0.717) is 48.7 Å². The first-order valence-electron chi connectivity index (χ1n) is 28.2. The number of hydrogen-bond donors (Lipinski definition) is 0. The molecule has 2 unspecified atom stereocenters. The van der Waals surface area contributed by atoms with Gasteiger partial charge in [0.1, 0.15) is 39.1 Å². The van der Waals surface area contributed by atoms with Gasteiger partial charge in [-0.2, -0.15) is 0 Å². The lowest BCUT2D eigenvalue weighted by atomic mass is 9.89. The standard InChI is InChI=1S/C62H60O2Si3/c1-65(2)57-33-17-15-31-55(57)63-61-51(29-19-35-59(61)65)53-41-47(37-39-49(53)43-21-11-12-22-43)67(45-25-7-5-8-26-45,46-27-9-6-10-28-46)48-38-40-50(44-23-13-14-24-44)54(42-48)52-30-20-36-60-62(52)64-56-32-16-18-34-58(56)66(60,3)4/h5-10,15-20,25-44H,11-14,21-24H2,1-4H3/i1D3,3D3,43D,44D. The van der Waals surface area contributed by atoms with Crippen molar-refractivity contribution in [2.45, 2.75) is 89.2 Å². The van der Waals surface area contributed by atoms with Crippen LogP contribution in [0.5, 0.6) is 23.0 Å². The van der Waals surface area contributed by atoms with E-state index in [0.717, 1.165) is 101 Å². The minimum atomic E-state index is -3.47. The van der Waals surface area contributed by atoms with Crippen molar-refractivity contribution in [1.29, 1.82) is 0 Å². The van der Waals surface area contributed by atoms with Crippen molar-refractivity contribution in [2.24, 2.45) is 0 Å². The fraction of sp³-hybridized carbons (Fsp3) is 0.226. The quantitative estimate of drug-likeness (QED) is 0.112. The third-order valence-electron chi connectivity index (χ3n) is 15.5. The van der Waals surface area contributed by atoms with Crippen molar-refractivity contribution in [1.82, 2.24) is 0 Å². The third-order valence-corrected chi connectivity index (χ3v) is 26.1. The summed E-state index contributed by atoms with van der Waals surface area (Å²) in [7, 11) is -10.4. The second kappa shape index (κ2) is 16.7. The predicted molar refractivity (Wildman–Crippen MR) is 290 cm³/mol. The van der Waals surface area contributed by atoms with Crippen LogP contribution in [0.4, 0.5) is 0 Å². The van der Waals surface area contributed by atoms with Gasteiger partial charge in [-0.1, -0.05) is 222 Å². The highest BCUT2D eigenvalue weighted by molar-refractivity contribution is 7.20. The molecule has 2 saturated carbocycles. The Labute approximate surface area is 412 Å². The van der Waals surface area contributed by atoms with E-state index in [1.54, 1.807) is 0 Å². The number of benzene rings is 8. The van der Waals surface area contributed by atoms with Gasteiger partial charge in [0.15, 0.2) is 8.07 Å². The Bertz CT molecular complexity index is 3280. The molecular weight excluding hydrogens is 861 g/mol. The second-order valence-electron chi connectivity index (χ2n) is 19.4. The zero-order chi connectivity index (χ0) is 52.2. The van der Waals surface area contributed by atoms with Gasteiger partial charge in [0, 0.05) is 22.1 Å². The van der Waals surface area contributed by atoms with Gasteiger partial charge in [-0.25, -0.2) is 0 Å². The van der Waals surface area contributed by atoms with Gasteiger partial charge in [-0.3, -0.25) is 0 Å². The molecule has 5 heteroatoms. The minimum Gasteiger partial charge on any atom is -0.457 e. The summed E-state index contributed by atoms with van der Waals surface area (Å²) in [4.78, 5) is 0. The van der Waals surface area contributed by atoms with Gasteiger partial charge < -0.3 is 9.47 Å². The van der Waals surface area contributed by atoms with E-state index in [1.165, 1.54) is 0 Å². The molecule has 0 radical (unpaired) electrons. The summed E-state index contributed by atoms with van der Waals surface area (Å²) < 4.78 is 89.3. The fourth-order valence-electron chi connectivity index (χ4n) is 12.1. The molecule has 2 aliphatic heterocycles. The molecule has 0 amide bonds. The van der Waals surface area contributed by atoms with Crippen LogP contribution in [0.3, 0.4) is 0 Å². The van der Waals surface area contributed by atoms with E-state index >= 15 is 0 Å². The van der Waals surface area contributed by atoms with Gasteiger partial charge in [0.2, 0.25) is 0 Å². The van der Waals surface area contributed by atoms with Crippen LogP contribution in [-0.2, 0) is 0 Å². The van der Waals surface area contributed by atoms with Crippen molar-refractivity contribution in [3.05, 3.63) is 193 Å². The van der Waals surface area contributed by atoms with Crippen LogP contribution < -0.4 is 51.0 Å². The van der Waals surface area contributed by atoms with Crippen LogP contribution >= 0.6 is 0 Å². The smallest absolute Gasteiger partial charge is 0.179 e. The van der Waals surface area contributed by atoms with Gasteiger partial charge in [0.05, 0.1) is 0 Å². The van der Waals surface area contributed by atoms with E-state index in [-0.39, 0.29) is 0 Å². The molecular formula is C62H60O2Si3. The molecule has 332 valence electrons. The molecule has 2 fully saturated rings. The SMILES string of the molecule is [2H]C1(c2ccc([Si](c3ccccc3)(c3ccccc3)c3ccc(C4([2H])CCCC4)c(-c4cccc5c4Oc4ccccc4[Si]5(C)C([2H])([2H])[2H])c3)cc2-c2cccc3c2Oc2ccccc2[Si]3(C)C([2H])([2H])[2H])CCCC1. The van der Waals surface area contributed by atoms with Gasteiger partial charge in [0.25, 0.3) is 0 Å². The maximum atomic E-state index is 10.2. The highest BCUT2D eigenvalue weighted by atomic mass is 28.3. The number of rotatable bonds is 8. The van der Waals surface area contributed by atoms with Crippen LogP contribution in [-0.4, -0.2) is 24.2 Å². The Morgan fingerprint density at radius 3 is 1.22 bits per heavy atom. The fourth-order valence-corrected chi connectivity index (χ4v) is 21.7. The lowest BCUT2D eigenvalue weighted by Crippen LogP contribution is -2.74. The molecule has 8 aromatic rings. The van der Waals surface area contributed by atoms with E-state index < -0.39 is 49.0 Å². The lowest BCUT2D eigenvalue weighted by Gasteiger charge is -2.37. The largest absolute Gasteiger partial charge is 0.457 e. The van der Waals surface area contributed by atoms with Gasteiger partial charge in [-0.15, -0.1) is 0 Å². The monoisotopic (exact) mass is 928 g/mol. The van der Waals surface area contributed by atoms with Gasteiger partial charge in [-0.05, 0) is 113 Å². The summed E-state index contributed by atoms with van der Waals surface area (Å²) in [5, 5.41) is 7.38. The van der Waals surface area contributed by atoms with E-state index in [4.69, 9.17) is 17.7 Å². The summed E-state index contributed by atoms with van der Waals surface area (Å²) in [5.74, 6) is 0.485. The Morgan fingerprint density at radius 1 is 0.418 bits per heavy atom. The molecule has 2 atom stereocenters. The molecule has 8 aromatic carbocycles. The molecule has 0 aromatic heterocycles. The summed E-state index contributed by atoms with van der Waals surface area (Å²) >= 11 is 0. The van der Waals surface area contributed by atoms with Crippen molar-refractivity contribution >= 4 is 65.7 Å². The van der Waals surface area contributed by atoms with E-state index in [1.807, 2.05) is 85.9 Å². The average molecular weight is 929 g/mol. The molecule has 2 nitrogen and oxygen atoms in total. The van der Waals surface area contributed by atoms with Crippen molar-refractivity contribution < 1.29 is 20.4 Å². The highest BCUT2D eigenvalue weighted by Gasteiger charge is 2.45. The maximum absolute atomic E-state index is 10.2. The summed E-state index contributed by atoms with van der Waals surface area (Å²) in [6.07, 6.45) is 6.59. The summed E-state index contributed by atoms with van der Waals surface area (Å²) in [6, 6.07) is 62.3.